The van der Waals surface area contributed by atoms with Crippen LogP contribution >= 0.6 is 11.6 Å². The monoisotopic (exact) mass is 306 g/mol. The number of benzene rings is 1. The second-order valence-corrected chi connectivity index (χ2v) is 4.75. The zero-order valence-corrected chi connectivity index (χ0v) is 12.5. The van der Waals surface area contributed by atoms with Gasteiger partial charge in [-0.1, -0.05) is 17.7 Å². The number of anilines is 1. The van der Waals surface area contributed by atoms with Crippen LogP contribution in [0.15, 0.2) is 30.5 Å². The Labute approximate surface area is 127 Å². The van der Waals surface area contributed by atoms with E-state index in [-0.39, 0.29) is 12.2 Å². The molecule has 1 aromatic carbocycles. The normalized spacial score (nSPS) is 10.2. The van der Waals surface area contributed by atoms with Gasteiger partial charge in [-0.05, 0) is 18.2 Å². The summed E-state index contributed by atoms with van der Waals surface area (Å²) in [6, 6.07) is 6.65. The van der Waals surface area contributed by atoms with Crippen molar-refractivity contribution in [2.75, 3.05) is 20.0 Å². The summed E-state index contributed by atoms with van der Waals surface area (Å²) in [5.74, 6) is 1.03. The maximum atomic E-state index is 12.3. The average molecular weight is 307 g/mol. The standard InChI is InChI=1S/C15H15ClN2O3/c1-20-13-8-10(6-11(16)14(13)21-2)12(19)7-9-4-3-5-18-15(9)17/h3-6,8H,7H2,1-2H3,(H2,17,18). The first-order valence-corrected chi connectivity index (χ1v) is 6.58. The number of aromatic nitrogens is 1. The number of nitrogens with two attached hydrogens (primary N) is 1. The summed E-state index contributed by atoms with van der Waals surface area (Å²) in [7, 11) is 2.98. The molecule has 2 aromatic rings. The summed E-state index contributed by atoms with van der Waals surface area (Å²) < 4.78 is 10.3. The number of ketones is 1. The molecule has 0 aliphatic carbocycles. The summed E-state index contributed by atoms with van der Waals surface area (Å²) in [4.78, 5) is 16.3. The van der Waals surface area contributed by atoms with E-state index in [1.807, 2.05) is 0 Å². The van der Waals surface area contributed by atoms with Crippen LogP contribution in [0.1, 0.15) is 15.9 Å². The Bertz CT molecular complexity index is 674. The van der Waals surface area contributed by atoms with Gasteiger partial charge in [0.25, 0.3) is 0 Å². The van der Waals surface area contributed by atoms with E-state index in [2.05, 4.69) is 4.98 Å². The molecule has 0 unspecified atom stereocenters. The molecule has 0 aliphatic heterocycles. The van der Waals surface area contributed by atoms with Crippen LogP contribution in [0.4, 0.5) is 5.82 Å². The fourth-order valence-electron chi connectivity index (χ4n) is 1.95. The average Bonchev–Trinajstić information content (AvgIpc) is 2.48. The molecule has 0 atom stereocenters. The lowest BCUT2D eigenvalue weighted by atomic mass is 10.0. The molecule has 5 nitrogen and oxygen atoms in total. The van der Waals surface area contributed by atoms with Gasteiger partial charge < -0.3 is 15.2 Å². The molecular weight excluding hydrogens is 292 g/mol. The van der Waals surface area contributed by atoms with E-state index in [4.69, 9.17) is 26.8 Å². The van der Waals surface area contributed by atoms with Crippen LogP contribution in [0.25, 0.3) is 0 Å². The van der Waals surface area contributed by atoms with Crippen LogP contribution in [0.2, 0.25) is 5.02 Å². The van der Waals surface area contributed by atoms with Gasteiger partial charge in [0.2, 0.25) is 0 Å². The Kier molecular flexibility index (Phi) is 4.65. The summed E-state index contributed by atoms with van der Waals surface area (Å²) in [5.41, 5.74) is 6.85. The fourth-order valence-corrected chi connectivity index (χ4v) is 2.24. The van der Waals surface area contributed by atoms with Crippen LogP contribution in [0, 0.1) is 0 Å². The van der Waals surface area contributed by atoms with Crippen molar-refractivity contribution in [1.29, 1.82) is 0 Å². The smallest absolute Gasteiger partial charge is 0.179 e. The van der Waals surface area contributed by atoms with Crippen LogP contribution in [0.5, 0.6) is 11.5 Å². The van der Waals surface area contributed by atoms with Gasteiger partial charge in [0.15, 0.2) is 17.3 Å². The number of hydrogen-bond donors (Lipinski definition) is 1. The molecule has 2 rings (SSSR count). The molecule has 0 saturated heterocycles. The first-order valence-electron chi connectivity index (χ1n) is 6.21. The topological polar surface area (TPSA) is 74.4 Å². The summed E-state index contributed by atoms with van der Waals surface area (Å²) in [6.45, 7) is 0. The number of Topliss-reactive ketones (excluding diaryl/α,β-unsaturated/α-hetero) is 1. The highest BCUT2D eigenvalue weighted by atomic mass is 35.5. The minimum Gasteiger partial charge on any atom is -0.493 e. The molecule has 0 aliphatic rings. The molecule has 0 spiro atoms. The van der Waals surface area contributed by atoms with Gasteiger partial charge in [-0.25, -0.2) is 4.98 Å². The second kappa shape index (κ2) is 6.45. The highest BCUT2D eigenvalue weighted by molar-refractivity contribution is 6.32. The maximum absolute atomic E-state index is 12.3. The SMILES string of the molecule is COc1cc(C(=O)Cc2cccnc2N)cc(Cl)c1OC. The van der Waals surface area contributed by atoms with Crippen LogP contribution in [-0.2, 0) is 6.42 Å². The van der Waals surface area contributed by atoms with Crippen molar-refractivity contribution in [2.24, 2.45) is 0 Å². The van der Waals surface area contributed by atoms with E-state index >= 15 is 0 Å². The first-order chi connectivity index (χ1) is 10.1. The Morgan fingerprint density at radius 2 is 2.10 bits per heavy atom. The van der Waals surface area contributed by atoms with Gasteiger partial charge in [0.05, 0.1) is 19.2 Å². The van der Waals surface area contributed by atoms with Crippen molar-refractivity contribution in [1.82, 2.24) is 4.98 Å². The Morgan fingerprint density at radius 1 is 1.33 bits per heavy atom. The van der Waals surface area contributed by atoms with Crippen LogP contribution in [0.3, 0.4) is 0 Å². The number of rotatable bonds is 5. The number of nitrogens with zero attached hydrogens (tertiary/aromatic N) is 1. The van der Waals surface area contributed by atoms with Crippen molar-refractivity contribution in [3.05, 3.63) is 46.6 Å². The molecule has 0 amide bonds. The lowest BCUT2D eigenvalue weighted by Gasteiger charge is -2.11. The van der Waals surface area contributed by atoms with Gasteiger partial charge in [-0.3, -0.25) is 4.79 Å². The van der Waals surface area contributed by atoms with Gasteiger partial charge in [0.1, 0.15) is 5.82 Å². The Morgan fingerprint density at radius 3 is 2.71 bits per heavy atom. The number of hydrogen-bond acceptors (Lipinski definition) is 5. The highest BCUT2D eigenvalue weighted by Gasteiger charge is 2.16. The molecule has 0 radical (unpaired) electrons. The minimum absolute atomic E-state index is 0.127. The number of ether oxygens (including phenoxy) is 2. The molecule has 0 bridgehead atoms. The third-order valence-electron chi connectivity index (χ3n) is 3.03. The van der Waals surface area contributed by atoms with Crippen molar-refractivity contribution in [2.45, 2.75) is 6.42 Å². The largest absolute Gasteiger partial charge is 0.493 e. The van der Waals surface area contributed by atoms with Crippen molar-refractivity contribution >= 4 is 23.2 Å². The third kappa shape index (κ3) is 3.25. The number of pyridine rings is 1. The maximum Gasteiger partial charge on any atom is 0.179 e. The van der Waals surface area contributed by atoms with Crippen LogP contribution < -0.4 is 15.2 Å². The predicted molar refractivity (Wildman–Crippen MR) is 81.2 cm³/mol. The van der Waals surface area contributed by atoms with E-state index in [0.29, 0.717) is 33.5 Å². The van der Waals surface area contributed by atoms with E-state index in [9.17, 15) is 4.79 Å². The first kappa shape index (κ1) is 15.1. The van der Waals surface area contributed by atoms with Crippen molar-refractivity contribution in [3.63, 3.8) is 0 Å². The van der Waals surface area contributed by atoms with Gasteiger partial charge in [-0.2, -0.15) is 0 Å². The number of methoxy groups -OCH3 is 2. The molecule has 0 saturated carbocycles. The van der Waals surface area contributed by atoms with E-state index in [0.717, 1.165) is 0 Å². The van der Waals surface area contributed by atoms with Crippen LogP contribution in [-0.4, -0.2) is 25.0 Å². The lowest BCUT2D eigenvalue weighted by Crippen LogP contribution is -2.07. The minimum atomic E-state index is -0.127. The predicted octanol–water partition coefficient (Wildman–Crippen LogP) is 2.76. The summed E-state index contributed by atoms with van der Waals surface area (Å²) in [6.07, 6.45) is 1.72. The molecule has 21 heavy (non-hydrogen) atoms. The molecule has 1 aromatic heterocycles. The molecule has 2 N–H and O–H groups in total. The number of carbonyl (C=O) groups is 1. The highest BCUT2D eigenvalue weighted by Crippen LogP contribution is 2.36. The number of halogens is 1. The van der Waals surface area contributed by atoms with Gasteiger partial charge in [-0.15, -0.1) is 0 Å². The molecule has 6 heteroatoms. The fraction of sp³-hybridized carbons (Fsp3) is 0.200. The number of nitrogen functional groups attached to an aromatic ring is 1. The second-order valence-electron chi connectivity index (χ2n) is 4.34. The zero-order valence-electron chi connectivity index (χ0n) is 11.7. The molecule has 110 valence electrons. The Hall–Kier alpha value is -2.27. The van der Waals surface area contributed by atoms with E-state index < -0.39 is 0 Å². The van der Waals surface area contributed by atoms with Crippen molar-refractivity contribution in [3.8, 4) is 11.5 Å². The summed E-state index contributed by atoms with van der Waals surface area (Å²) >= 11 is 6.10. The molecule has 0 fully saturated rings. The van der Waals surface area contributed by atoms with E-state index in [1.54, 1.807) is 30.5 Å². The quantitative estimate of drug-likeness (QED) is 0.860. The van der Waals surface area contributed by atoms with Gasteiger partial charge >= 0.3 is 0 Å². The number of carbonyl (C=O) groups excluding carboxylic acids is 1. The third-order valence-corrected chi connectivity index (χ3v) is 3.31. The van der Waals surface area contributed by atoms with Gasteiger partial charge in [0, 0.05) is 23.7 Å². The van der Waals surface area contributed by atoms with Crippen molar-refractivity contribution < 1.29 is 14.3 Å². The van der Waals surface area contributed by atoms with E-state index in [1.165, 1.54) is 14.2 Å². The Balaban J connectivity index is 2.32. The lowest BCUT2D eigenvalue weighted by molar-refractivity contribution is 0.0992. The summed E-state index contributed by atoms with van der Waals surface area (Å²) in [5, 5.41) is 0.319. The molecule has 1 heterocycles. The molecular formula is C15H15ClN2O3. The zero-order chi connectivity index (χ0) is 15.4.